The van der Waals surface area contributed by atoms with Crippen LogP contribution in [0.5, 0.6) is 5.75 Å². The number of hydrogen-bond acceptors (Lipinski definition) is 6. The number of nitrogens with one attached hydrogen (secondary N) is 1. The number of ether oxygens (including phenoxy) is 1. The highest BCUT2D eigenvalue weighted by molar-refractivity contribution is 7.89. The molecule has 1 unspecified atom stereocenters. The molecule has 1 heterocycles. The molecule has 180 valence electrons. The van der Waals surface area contributed by atoms with Crippen LogP contribution in [0.4, 0.5) is 0 Å². The molecule has 0 radical (unpaired) electrons. The van der Waals surface area contributed by atoms with E-state index in [2.05, 4.69) is 5.32 Å². The summed E-state index contributed by atoms with van der Waals surface area (Å²) in [6, 6.07) is 10.3. The lowest BCUT2D eigenvalue weighted by Gasteiger charge is -2.31. The van der Waals surface area contributed by atoms with Crippen molar-refractivity contribution in [3.63, 3.8) is 0 Å². The molecule has 1 fully saturated rings. The Bertz CT molecular complexity index is 1220. The second-order valence-corrected chi connectivity index (χ2v) is 11.5. The fourth-order valence-electron chi connectivity index (χ4n) is 3.60. The van der Waals surface area contributed by atoms with Gasteiger partial charge in [-0.1, -0.05) is 23.7 Å². The number of hydrogen-bond donors (Lipinski definition) is 2. The van der Waals surface area contributed by atoms with E-state index in [9.17, 15) is 21.6 Å². The van der Waals surface area contributed by atoms with Crippen LogP contribution in [0.2, 0.25) is 5.02 Å². The van der Waals surface area contributed by atoms with Crippen molar-refractivity contribution in [2.24, 2.45) is 11.1 Å². The lowest BCUT2D eigenvalue weighted by molar-refractivity contribution is -0.126. The topological polar surface area (TPSA) is 136 Å². The van der Waals surface area contributed by atoms with Crippen LogP contribution < -0.4 is 15.2 Å². The number of carbonyl (C=O) groups is 1. The zero-order valence-corrected chi connectivity index (χ0v) is 20.4. The summed E-state index contributed by atoms with van der Waals surface area (Å²) in [7, 11) is -7.70. The number of nitrogens with zero attached hydrogens (tertiary/aromatic N) is 1. The monoisotopic (exact) mass is 515 g/mol. The first-order chi connectivity index (χ1) is 15.5. The van der Waals surface area contributed by atoms with Crippen molar-refractivity contribution in [2.45, 2.75) is 36.1 Å². The smallest absolute Gasteiger partial charge is 0.246 e. The van der Waals surface area contributed by atoms with Crippen molar-refractivity contribution < 1.29 is 26.4 Å². The summed E-state index contributed by atoms with van der Waals surface area (Å²) in [6.07, 6.45) is 1.08. The summed E-state index contributed by atoms with van der Waals surface area (Å²) < 4.78 is 56.0. The molecule has 0 saturated carbocycles. The van der Waals surface area contributed by atoms with E-state index in [1.54, 1.807) is 25.1 Å². The minimum absolute atomic E-state index is 0.0156. The minimum atomic E-state index is -3.91. The Balaban J connectivity index is 1.68. The van der Waals surface area contributed by atoms with E-state index in [1.807, 2.05) is 0 Å². The van der Waals surface area contributed by atoms with Gasteiger partial charge in [0, 0.05) is 24.7 Å². The fraction of sp³-hybridized carbons (Fsp3) is 0.381. The van der Waals surface area contributed by atoms with Crippen LogP contribution in [0.3, 0.4) is 0 Å². The van der Waals surface area contributed by atoms with Gasteiger partial charge in [0.1, 0.15) is 10.6 Å². The Morgan fingerprint density at radius 3 is 2.52 bits per heavy atom. The summed E-state index contributed by atoms with van der Waals surface area (Å²) in [6.45, 7) is 2.56. The summed E-state index contributed by atoms with van der Waals surface area (Å²) in [5.41, 5.74) is 0.691. The first-order valence-electron chi connectivity index (χ1n) is 10.3. The molecule has 3 rings (SSSR count). The quantitative estimate of drug-likeness (QED) is 0.552. The van der Waals surface area contributed by atoms with E-state index in [-0.39, 0.29) is 39.6 Å². The Kier molecular flexibility index (Phi) is 8.01. The summed E-state index contributed by atoms with van der Waals surface area (Å²) in [4.78, 5) is 12.7. The van der Waals surface area contributed by atoms with Gasteiger partial charge in [0.2, 0.25) is 26.0 Å². The standard InChI is InChI=1S/C21H26ClN3O6S2/c1-2-31-19-10-7-17(22)12-20(19)33(29,30)25-11-3-4-16(14-25)21(26)24-13-15-5-8-18(9-6-15)32(23,27)28/h5-10,12,16H,2-4,11,13-14H2,1H3,(H,24,26)(H2,23,27,28). The van der Waals surface area contributed by atoms with Gasteiger partial charge in [0.05, 0.1) is 17.4 Å². The number of primary sulfonamides is 1. The third-order valence-electron chi connectivity index (χ3n) is 5.30. The predicted octanol–water partition coefficient (Wildman–Crippen LogP) is 2.10. The summed E-state index contributed by atoms with van der Waals surface area (Å²) >= 11 is 6.03. The average Bonchev–Trinajstić information content (AvgIpc) is 2.78. The maximum absolute atomic E-state index is 13.3. The van der Waals surface area contributed by atoms with Crippen molar-refractivity contribution in [1.82, 2.24) is 9.62 Å². The highest BCUT2D eigenvalue weighted by Crippen LogP contribution is 2.32. The molecule has 9 nitrogen and oxygen atoms in total. The number of amides is 1. The van der Waals surface area contributed by atoms with Crippen LogP contribution in [0.1, 0.15) is 25.3 Å². The number of sulfonamides is 2. The van der Waals surface area contributed by atoms with Crippen LogP contribution >= 0.6 is 11.6 Å². The Morgan fingerprint density at radius 1 is 1.18 bits per heavy atom. The van der Waals surface area contributed by atoms with Crippen molar-refractivity contribution in [3.05, 3.63) is 53.1 Å². The zero-order valence-electron chi connectivity index (χ0n) is 18.0. The second kappa shape index (κ2) is 10.4. The molecule has 1 aliphatic rings. The van der Waals surface area contributed by atoms with E-state index >= 15 is 0 Å². The molecular formula is C21H26ClN3O6S2. The van der Waals surface area contributed by atoms with E-state index in [4.69, 9.17) is 21.5 Å². The molecule has 0 spiro atoms. The first-order valence-corrected chi connectivity index (χ1v) is 13.7. The average molecular weight is 516 g/mol. The SMILES string of the molecule is CCOc1ccc(Cl)cc1S(=O)(=O)N1CCCC(C(=O)NCc2ccc(S(N)(=O)=O)cc2)C1. The maximum Gasteiger partial charge on any atom is 0.246 e. The first kappa shape index (κ1) is 25.4. The largest absolute Gasteiger partial charge is 0.492 e. The van der Waals surface area contributed by atoms with Gasteiger partial charge in [0.25, 0.3) is 0 Å². The van der Waals surface area contributed by atoms with E-state index in [1.165, 1.54) is 28.6 Å². The van der Waals surface area contributed by atoms with Gasteiger partial charge in [0.15, 0.2) is 0 Å². The van der Waals surface area contributed by atoms with Gasteiger partial charge in [-0.05, 0) is 55.7 Å². The summed E-state index contributed by atoms with van der Waals surface area (Å²) in [5, 5.41) is 8.15. The highest BCUT2D eigenvalue weighted by atomic mass is 35.5. The second-order valence-electron chi connectivity index (χ2n) is 7.63. The number of piperidine rings is 1. The number of rotatable bonds is 8. The lowest BCUT2D eigenvalue weighted by atomic mass is 9.99. The van der Waals surface area contributed by atoms with Crippen molar-refractivity contribution in [1.29, 1.82) is 0 Å². The van der Waals surface area contributed by atoms with Crippen LogP contribution in [-0.2, 0) is 31.4 Å². The lowest BCUT2D eigenvalue weighted by Crippen LogP contribution is -2.45. The molecule has 12 heteroatoms. The molecule has 2 aromatic rings. The molecule has 33 heavy (non-hydrogen) atoms. The Morgan fingerprint density at radius 2 is 1.88 bits per heavy atom. The zero-order chi connectivity index (χ0) is 24.2. The van der Waals surface area contributed by atoms with Gasteiger partial charge < -0.3 is 10.1 Å². The number of benzene rings is 2. The van der Waals surface area contributed by atoms with E-state index in [0.29, 0.717) is 31.6 Å². The molecule has 1 aliphatic heterocycles. The van der Waals surface area contributed by atoms with Crippen molar-refractivity contribution >= 4 is 37.6 Å². The molecule has 1 saturated heterocycles. The van der Waals surface area contributed by atoms with Crippen LogP contribution in [0.15, 0.2) is 52.3 Å². The van der Waals surface area contributed by atoms with Gasteiger partial charge in [-0.3, -0.25) is 4.79 Å². The number of nitrogens with two attached hydrogens (primary N) is 1. The molecule has 0 aliphatic carbocycles. The van der Waals surface area contributed by atoms with Crippen LogP contribution in [0, 0.1) is 5.92 Å². The van der Waals surface area contributed by atoms with E-state index < -0.39 is 26.0 Å². The van der Waals surface area contributed by atoms with Gasteiger partial charge in [-0.15, -0.1) is 0 Å². The summed E-state index contributed by atoms with van der Waals surface area (Å²) in [5.74, 6) is -0.579. The molecule has 0 bridgehead atoms. The van der Waals surface area contributed by atoms with Gasteiger partial charge in [-0.2, -0.15) is 4.31 Å². The molecule has 1 atom stereocenters. The molecular weight excluding hydrogens is 490 g/mol. The number of carbonyl (C=O) groups excluding carboxylic acids is 1. The van der Waals surface area contributed by atoms with E-state index in [0.717, 1.165) is 0 Å². The Labute approximate surface area is 199 Å². The van der Waals surface area contributed by atoms with Crippen LogP contribution in [0.25, 0.3) is 0 Å². The third kappa shape index (κ3) is 6.24. The highest BCUT2D eigenvalue weighted by Gasteiger charge is 2.35. The maximum atomic E-state index is 13.3. The van der Waals surface area contributed by atoms with Crippen LogP contribution in [-0.4, -0.2) is 46.7 Å². The van der Waals surface area contributed by atoms with Gasteiger partial charge >= 0.3 is 0 Å². The molecule has 3 N–H and O–H groups in total. The van der Waals surface area contributed by atoms with Gasteiger partial charge in [-0.25, -0.2) is 22.0 Å². The minimum Gasteiger partial charge on any atom is -0.492 e. The Hall–Kier alpha value is -2.18. The fourth-order valence-corrected chi connectivity index (χ4v) is 6.04. The van der Waals surface area contributed by atoms with Crippen molar-refractivity contribution in [3.8, 4) is 5.75 Å². The predicted molar refractivity (Wildman–Crippen MR) is 124 cm³/mol. The third-order valence-corrected chi connectivity index (χ3v) is 8.35. The molecule has 2 aromatic carbocycles. The molecule has 1 amide bonds. The normalized spacial score (nSPS) is 17.5. The van der Waals surface area contributed by atoms with Crippen molar-refractivity contribution in [2.75, 3.05) is 19.7 Å². The number of halogens is 1. The molecule has 0 aromatic heterocycles.